The van der Waals surface area contributed by atoms with Crippen molar-refractivity contribution in [2.45, 2.75) is 38.2 Å². The molecule has 1 aliphatic rings. The van der Waals surface area contributed by atoms with E-state index < -0.39 is 0 Å². The maximum Gasteiger partial charge on any atom is 0.0664 e. The second kappa shape index (κ2) is 6.18. The van der Waals surface area contributed by atoms with E-state index in [1.54, 1.807) is 0 Å². The van der Waals surface area contributed by atoms with Gasteiger partial charge in [0.15, 0.2) is 0 Å². The Morgan fingerprint density at radius 3 is 2.47 bits per heavy atom. The fourth-order valence-corrected chi connectivity index (χ4v) is 2.60. The summed E-state index contributed by atoms with van der Waals surface area (Å²) >= 11 is 0. The molecule has 1 saturated heterocycles. The topological polar surface area (TPSA) is 23.5 Å². The number of aliphatic hydroxyl groups excluding tert-OH is 1. The van der Waals surface area contributed by atoms with Crippen LogP contribution in [0, 0.1) is 0 Å². The predicted octanol–water partition coefficient (Wildman–Crippen LogP) is 2.64. The molecule has 0 aromatic heterocycles. The van der Waals surface area contributed by atoms with Gasteiger partial charge in [-0.2, -0.15) is 0 Å². The minimum absolute atomic E-state index is 0.150. The lowest BCUT2D eigenvalue weighted by molar-refractivity contribution is 0.0944. The maximum atomic E-state index is 9.65. The van der Waals surface area contributed by atoms with Gasteiger partial charge in [0, 0.05) is 6.54 Å². The van der Waals surface area contributed by atoms with Crippen LogP contribution in [0.1, 0.15) is 37.7 Å². The Morgan fingerprint density at radius 2 is 1.88 bits per heavy atom. The Labute approximate surface area is 104 Å². The number of benzene rings is 1. The van der Waals surface area contributed by atoms with E-state index in [9.17, 15) is 5.11 Å². The highest BCUT2D eigenvalue weighted by molar-refractivity contribution is 5.19. The van der Waals surface area contributed by atoms with Crippen LogP contribution in [0.15, 0.2) is 30.3 Å². The first-order chi connectivity index (χ1) is 8.29. The van der Waals surface area contributed by atoms with Crippen LogP contribution in [0.4, 0.5) is 0 Å². The zero-order chi connectivity index (χ0) is 12.1. The number of aliphatic hydroxyl groups is 1. The highest BCUT2D eigenvalue weighted by atomic mass is 16.3. The number of piperidine rings is 1. The van der Waals surface area contributed by atoms with E-state index in [-0.39, 0.29) is 6.10 Å². The lowest BCUT2D eigenvalue weighted by Crippen LogP contribution is -2.38. The van der Waals surface area contributed by atoms with Gasteiger partial charge in [-0.1, -0.05) is 37.3 Å². The molecule has 2 heteroatoms. The van der Waals surface area contributed by atoms with Gasteiger partial charge in [-0.25, -0.2) is 0 Å². The van der Waals surface area contributed by atoms with Crippen molar-refractivity contribution in [3.8, 4) is 0 Å². The van der Waals surface area contributed by atoms with Gasteiger partial charge >= 0.3 is 0 Å². The Morgan fingerprint density at radius 1 is 1.24 bits per heavy atom. The van der Waals surface area contributed by atoms with Crippen molar-refractivity contribution in [1.82, 2.24) is 4.90 Å². The number of rotatable bonds is 4. The molecule has 1 fully saturated rings. The number of likely N-dealkylation sites (tertiary alicyclic amines) is 1. The molecule has 2 rings (SSSR count). The Balaban J connectivity index is 1.82. The fourth-order valence-electron chi connectivity index (χ4n) is 2.60. The molecule has 17 heavy (non-hydrogen) atoms. The number of hydrogen-bond acceptors (Lipinski definition) is 2. The summed E-state index contributed by atoms with van der Waals surface area (Å²) in [6, 6.07) is 10.8. The van der Waals surface area contributed by atoms with Crippen molar-refractivity contribution in [2.24, 2.45) is 0 Å². The van der Waals surface area contributed by atoms with Gasteiger partial charge < -0.3 is 10.0 Å². The van der Waals surface area contributed by atoms with E-state index in [0.717, 1.165) is 26.1 Å². The van der Waals surface area contributed by atoms with Crippen molar-refractivity contribution in [3.63, 3.8) is 0 Å². The van der Waals surface area contributed by atoms with Gasteiger partial charge in [-0.3, -0.25) is 0 Å². The average molecular weight is 233 g/mol. The van der Waals surface area contributed by atoms with E-state index in [4.69, 9.17) is 0 Å². The van der Waals surface area contributed by atoms with Crippen LogP contribution in [0.2, 0.25) is 0 Å². The molecule has 1 aromatic carbocycles. The Hall–Kier alpha value is -0.860. The summed E-state index contributed by atoms with van der Waals surface area (Å²) in [5, 5.41) is 9.65. The molecular weight excluding hydrogens is 210 g/mol. The minimum atomic E-state index is -0.150. The summed E-state index contributed by atoms with van der Waals surface area (Å²) < 4.78 is 0. The molecule has 0 amide bonds. The average Bonchev–Trinajstić information content (AvgIpc) is 2.40. The second-order valence-electron chi connectivity index (χ2n) is 5.05. The largest absolute Gasteiger partial charge is 0.392 e. The first-order valence-electron chi connectivity index (χ1n) is 6.75. The number of nitrogens with zero attached hydrogens (tertiary/aromatic N) is 1. The van der Waals surface area contributed by atoms with Crippen LogP contribution in [-0.4, -0.2) is 35.7 Å². The SMILES string of the molecule is CC[C@H](O)CN1CCC(c2ccccc2)CC1. The predicted molar refractivity (Wildman–Crippen MR) is 71.2 cm³/mol. The molecule has 0 radical (unpaired) electrons. The fraction of sp³-hybridized carbons (Fsp3) is 0.600. The molecule has 0 unspecified atom stereocenters. The van der Waals surface area contributed by atoms with Crippen molar-refractivity contribution < 1.29 is 5.11 Å². The maximum absolute atomic E-state index is 9.65. The quantitative estimate of drug-likeness (QED) is 0.864. The highest BCUT2D eigenvalue weighted by Crippen LogP contribution is 2.27. The third-order valence-corrected chi connectivity index (χ3v) is 3.80. The van der Waals surface area contributed by atoms with Gasteiger partial charge in [0.1, 0.15) is 0 Å². The van der Waals surface area contributed by atoms with Gasteiger partial charge in [0.2, 0.25) is 0 Å². The minimum Gasteiger partial charge on any atom is -0.392 e. The van der Waals surface area contributed by atoms with E-state index in [1.807, 2.05) is 6.92 Å². The third kappa shape index (κ3) is 3.55. The standard InChI is InChI=1S/C15H23NO/c1-2-15(17)12-16-10-8-14(9-11-16)13-6-4-3-5-7-13/h3-7,14-15,17H,2,8-12H2,1H3/t15-/m0/s1. The Bertz CT molecular complexity index is 317. The molecule has 2 nitrogen and oxygen atoms in total. The van der Waals surface area contributed by atoms with E-state index >= 15 is 0 Å². The number of hydrogen-bond donors (Lipinski definition) is 1. The molecule has 0 bridgehead atoms. The zero-order valence-electron chi connectivity index (χ0n) is 10.7. The summed E-state index contributed by atoms with van der Waals surface area (Å²) in [6.07, 6.45) is 3.16. The van der Waals surface area contributed by atoms with Crippen LogP contribution in [0.25, 0.3) is 0 Å². The molecule has 94 valence electrons. The second-order valence-corrected chi connectivity index (χ2v) is 5.05. The molecule has 1 aromatic rings. The van der Waals surface area contributed by atoms with Crippen LogP contribution in [-0.2, 0) is 0 Å². The van der Waals surface area contributed by atoms with E-state index in [0.29, 0.717) is 5.92 Å². The lowest BCUT2D eigenvalue weighted by Gasteiger charge is -2.33. The third-order valence-electron chi connectivity index (χ3n) is 3.80. The molecule has 1 atom stereocenters. The highest BCUT2D eigenvalue weighted by Gasteiger charge is 2.21. The van der Waals surface area contributed by atoms with E-state index in [2.05, 4.69) is 35.2 Å². The smallest absolute Gasteiger partial charge is 0.0664 e. The first-order valence-corrected chi connectivity index (χ1v) is 6.75. The lowest BCUT2D eigenvalue weighted by atomic mass is 9.89. The summed E-state index contributed by atoms with van der Waals surface area (Å²) in [6.45, 7) is 5.13. The van der Waals surface area contributed by atoms with Gasteiger partial charge in [-0.05, 0) is 43.8 Å². The summed E-state index contributed by atoms with van der Waals surface area (Å²) in [5.74, 6) is 0.714. The van der Waals surface area contributed by atoms with Crippen molar-refractivity contribution in [3.05, 3.63) is 35.9 Å². The molecule has 0 spiro atoms. The monoisotopic (exact) mass is 233 g/mol. The van der Waals surface area contributed by atoms with Crippen molar-refractivity contribution in [2.75, 3.05) is 19.6 Å². The van der Waals surface area contributed by atoms with Crippen molar-refractivity contribution in [1.29, 1.82) is 0 Å². The summed E-state index contributed by atoms with van der Waals surface area (Å²) in [5.41, 5.74) is 1.48. The first kappa shape index (κ1) is 12.6. The molecule has 0 aliphatic carbocycles. The van der Waals surface area contributed by atoms with Crippen LogP contribution in [0.5, 0.6) is 0 Å². The van der Waals surface area contributed by atoms with E-state index in [1.165, 1.54) is 18.4 Å². The Kier molecular flexibility index (Phi) is 4.57. The van der Waals surface area contributed by atoms with Gasteiger partial charge in [-0.15, -0.1) is 0 Å². The van der Waals surface area contributed by atoms with Crippen LogP contribution < -0.4 is 0 Å². The summed E-state index contributed by atoms with van der Waals surface area (Å²) in [4.78, 5) is 2.40. The molecule has 0 saturated carbocycles. The van der Waals surface area contributed by atoms with Crippen LogP contribution in [0.3, 0.4) is 0 Å². The van der Waals surface area contributed by atoms with Crippen molar-refractivity contribution >= 4 is 0 Å². The molecule has 1 heterocycles. The zero-order valence-corrected chi connectivity index (χ0v) is 10.7. The number of β-amino-alcohol motifs (C(OH)–C–C–N with tert-alkyl or cyclic N) is 1. The molecular formula is C15H23NO. The molecule has 1 N–H and O–H groups in total. The summed E-state index contributed by atoms with van der Waals surface area (Å²) in [7, 11) is 0. The molecule has 1 aliphatic heterocycles. The van der Waals surface area contributed by atoms with Gasteiger partial charge in [0.25, 0.3) is 0 Å². The normalized spacial score (nSPS) is 20.4. The van der Waals surface area contributed by atoms with Gasteiger partial charge in [0.05, 0.1) is 6.10 Å². The van der Waals surface area contributed by atoms with Crippen LogP contribution >= 0.6 is 0 Å².